The third-order valence-electron chi connectivity index (χ3n) is 3.24. The maximum Gasteiger partial charge on any atom is 0.241 e. The van der Waals surface area contributed by atoms with Crippen molar-refractivity contribution >= 4 is 19.7 Å². The van der Waals surface area contributed by atoms with E-state index in [1.54, 1.807) is 6.92 Å². The highest BCUT2D eigenvalue weighted by atomic mass is 28.4. The van der Waals surface area contributed by atoms with Crippen LogP contribution in [-0.2, 0) is 9.22 Å². The van der Waals surface area contributed by atoms with Crippen LogP contribution in [0.15, 0.2) is 66.4 Å². The highest BCUT2D eigenvalue weighted by Crippen LogP contribution is 2.31. The molecular weight excluding hydrogens is 300 g/mol. The minimum absolute atomic E-state index is 0.114. The fourth-order valence-corrected chi connectivity index (χ4v) is 3.38. The molecule has 2 aromatic carbocycles. The van der Waals surface area contributed by atoms with Crippen molar-refractivity contribution in [2.45, 2.75) is 33.0 Å². The predicted octanol–water partition coefficient (Wildman–Crippen LogP) is 5.28. The van der Waals surface area contributed by atoms with E-state index in [1.165, 1.54) is 0 Å². The van der Waals surface area contributed by atoms with Crippen LogP contribution in [0, 0.1) is 0 Å². The molecule has 0 atom stereocenters. The molecular formula is C20H24O2Si. The molecule has 0 saturated carbocycles. The molecule has 0 heterocycles. The quantitative estimate of drug-likeness (QED) is 0.534. The lowest BCUT2D eigenvalue weighted by molar-refractivity contribution is -0.116. The van der Waals surface area contributed by atoms with Crippen LogP contribution in [0.25, 0.3) is 5.57 Å². The molecule has 2 rings (SSSR count). The third kappa shape index (κ3) is 5.22. The van der Waals surface area contributed by atoms with Gasteiger partial charge in [-0.3, -0.25) is 4.79 Å². The molecule has 0 unspecified atom stereocenters. The molecule has 0 radical (unpaired) electrons. The van der Waals surface area contributed by atoms with Crippen molar-refractivity contribution in [3.05, 3.63) is 77.5 Å². The number of allylic oxidation sites excluding steroid dienone is 1. The molecule has 0 amide bonds. The Morgan fingerprint density at radius 1 is 0.870 bits per heavy atom. The maximum atomic E-state index is 11.8. The standard InChI is InChI=1S/C20H24O2Si/c1-16(21)15-19(22-23(2,3)4)20(17-11-7-5-8-12-17)18-13-9-6-10-14-18/h5-14H,15H2,1-4H3. The number of ketones is 1. The van der Waals surface area contributed by atoms with Gasteiger partial charge in [0.15, 0.2) is 0 Å². The second-order valence-corrected chi connectivity index (χ2v) is 11.1. The van der Waals surface area contributed by atoms with E-state index in [-0.39, 0.29) is 5.78 Å². The van der Waals surface area contributed by atoms with E-state index in [0.717, 1.165) is 22.5 Å². The topological polar surface area (TPSA) is 26.3 Å². The van der Waals surface area contributed by atoms with E-state index in [0.29, 0.717) is 6.42 Å². The average Bonchev–Trinajstić information content (AvgIpc) is 2.47. The summed E-state index contributed by atoms with van der Waals surface area (Å²) in [5.41, 5.74) is 3.17. The molecule has 0 N–H and O–H groups in total. The summed E-state index contributed by atoms with van der Waals surface area (Å²) < 4.78 is 6.32. The molecule has 0 bridgehead atoms. The fourth-order valence-electron chi connectivity index (χ4n) is 2.47. The maximum absolute atomic E-state index is 11.8. The highest BCUT2D eigenvalue weighted by Gasteiger charge is 2.22. The number of rotatable bonds is 6. The Labute approximate surface area is 139 Å². The summed E-state index contributed by atoms with van der Waals surface area (Å²) in [5, 5.41) is 0. The Morgan fingerprint density at radius 2 is 1.30 bits per heavy atom. The zero-order chi connectivity index (χ0) is 16.9. The minimum Gasteiger partial charge on any atom is -0.546 e. The molecule has 0 aliphatic carbocycles. The van der Waals surface area contributed by atoms with Crippen molar-refractivity contribution in [2.75, 3.05) is 0 Å². The molecule has 0 spiro atoms. The van der Waals surface area contributed by atoms with Gasteiger partial charge in [0.2, 0.25) is 8.32 Å². The van der Waals surface area contributed by atoms with Crippen molar-refractivity contribution in [1.29, 1.82) is 0 Å². The molecule has 3 heteroatoms. The first kappa shape index (κ1) is 17.2. The van der Waals surface area contributed by atoms with Gasteiger partial charge in [0.1, 0.15) is 5.78 Å². The first-order valence-corrected chi connectivity index (χ1v) is 11.3. The van der Waals surface area contributed by atoms with Crippen molar-refractivity contribution in [3.8, 4) is 0 Å². The van der Waals surface area contributed by atoms with E-state index in [1.807, 2.05) is 36.4 Å². The summed E-state index contributed by atoms with van der Waals surface area (Å²) >= 11 is 0. The van der Waals surface area contributed by atoms with Crippen LogP contribution in [0.2, 0.25) is 19.6 Å². The molecule has 2 aromatic rings. The van der Waals surface area contributed by atoms with Gasteiger partial charge in [-0.25, -0.2) is 0 Å². The molecule has 0 fully saturated rings. The van der Waals surface area contributed by atoms with E-state index >= 15 is 0 Å². The Bertz CT molecular complexity index is 641. The van der Waals surface area contributed by atoms with Gasteiger partial charge in [0, 0.05) is 5.57 Å². The highest BCUT2D eigenvalue weighted by molar-refractivity contribution is 6.70. The zero-order valence-electron chi connectivity index (χ0n) is 14.3. The number of hydrogen-bond donors (Lipinski definition) is 0. The summed E-state index contributed by atoms with van der Waals surface area (Å²) in [6.07, 6.45) is 0.323. The number of benzene rings is 2. The van der Waals surface area contributed by atoms with Gasteiger partial charge in [-0.2, -0.15) is 0 Å². The summed E-state index contributed by atoms with van der Waals surface area (Å²) in [5.74, 6) is 0.900. The van der Waals surface area contributed by atoms with Crippen LogP contribution in [0.3, 0.4) is 0 Å². The SMILES string of the molecule is CC(=O)CC(O[Si](C)(C)C)=C(c1ccccc1)c1ccccc1. The smallest absolute Gasteiger partial charge is 0.241 e. The largest absolute Gasteiger partial charge is 0.546 e. The van der Waals surface area contributed by atoms with Crippen molar-refractivity contribution < 1.29 is 9.22 Å². The van der Waals surface area contributed by atoms with Crippen LogP contribution >= 0.6 is 0 Å². The molecule has 0 saturated heterocycles. The van der Waals surface area contributed by atoms with Crippen LogP contribution in [0.5, 0.6) is 0 Å². The van der Waals surface area contributed by atoms with Gasteiger partial charge in [-0.1, -0.05) is 60.7 Å². The molecule has 23 heavy (non-hydrogen) atoms. The van der Waals surface area contributed by atoms with Crippen molar-refractivity contribution in [1.82, 2.24) is 0 Å². The van der Waals surface area contributed by atoms with Gasteiger partial charge in [-0.15, -0.1) is 0 Å². The molecule has 0 aliphatic rings. The van der Waals surface area contributed by atoms with Gasteiger partial charge in [0.05, 0.1) is 12.2 Å². The van der Waals surface area contributed by atoms with Crippen LogP contribution in [0.1, 0.15) is 24.5 Å². The van der Waals surface area contributed by atoms with Gasteiger partial charge in [-0.05, 0) is 37.7 Å². The number of Topliss-reactive ketones (excluding diaryl/α,β-unsaturated/α-hetero) is 1. The monoisotopic (exact) mass is 324 g/mol. The normalized spacial score (nSPS) is 11.0. The first-order chi connectivity index (χ1) is 10.9. The lowest BCUT2D eigenvalue weighted by Gasteiger charge is -2.25. The van der Waals surface area contributed by atoms with Crippen LogP contribution in [-0.4, -0.2) is 14.1 Å². The summed E-state index contributed by atoms with van der Waals surface area (Å²) in [7, 11) is -1.83. The number of carbonyl (C=O) groups excluding carboxylic acids is 1. The lowest BCUT2D eigenvalue weighted by atomic mass is 9.95. The summed E-state index contributed by atoms with van der Waals surface area (Å²) in [6, 6.07) is 20.3. The van der Waals surface area contributed by atoms with E-state index < -0.39 is 8.32 Å². The fraction of sp³-hybridized carbons (Fsp3) is 0.250. The Hall–Kier alpha value is -2.13. The van der Waals surface area contributed by atoms with Crippen molar-refractivity contribution in [2.24, 2.45) is 0 Å². The Balaban J connectivity index is 2.66. The minimum atomic E-state index is -1.83. The van der Waals surface area contributed by atoms with Crippen LogP contribution < -0.4 is 0 Å². The summed E-state index contributed by atoms with van der Waals surface area (Å²) in [6.45, 7) is 8.03. The lowest BCUT2D eigenvalue weighted by Crippen LogP contribution is -2.26. The van der Waals surface area contributed by atoms with E-state index in [2.05, 4.69) is 43.9 Å². The molecule has 0 aliphatic heterocycles. The number of hydrogen-bond acceptors (Lipinski definition) is 2. The first-order valence-electron chi connectivity index (χ1n) is 7.89. The van der Waals surface area contributed by atoms with E-state index in [4.69, 9.17) is 4.43 Å². The second kappa shape index (κ2) is 7.42. The average molecular weight is 324 g/mol. The second-order valence-electron chi connectivity index (χ2n) is 6.62. The van der Waals surface area contributed by atoms with Crippen LogP contribution in [0.4, 0.5) is 0 Å². The molecule has 120 valence electrons. The molecule has 0 aromatic heterocycles. The predicted molar refractivity (Wildman–Crippen MR) is 98.6 cm³/mol. The van der Waals surface area contributed by atoms with Crippen molar-refractivity contribution in [3.63, 3.8) is 0 Å². The molecule has 2 nitrogen and oxygen atoms in total. The van der Waals surface area contributed by atoms with E-state index in [9.17, 15) is 4.79 Å². The van der Waals surface area contributed by atoms with Gasteiger partial charge in [0.25, 0.3) is 0 Å². The Kier molecular flexibility index (Phi) is 5.56. The Morgan fingerprint density at radius 3 is 1.65 bits per heavy atom. The summed E-state index contributed by atoms with van der Waals surface area (Å²) in [4.78, 5) is 11.8. The van der Waals surface area contributed by atoms with Gasteiger partial charge < -0.3 is 4.43 Å². The number of carbonyl (C=O) groups is 1. The third-order valence-corrected chi connectivity index (χ3v) is 4.10. The zero-order valence-corrected chi connectivity index (χ0v) is 15.3. The van der Waals surface area contributed by atoms with Gasteiger partial charge >= 0.3 is 0 Å².